The van der Waals surface area contributed by atoms with Crippen molar-refractivity contribution in [2.45, 2.75) is 63.7 Å². The number of benzene rings is 1. The van der Waals surface area contributed by atoms with Crippen LogP contribution in [0, 0.1) is 0 Å². The van der Waals surface area contributed by atoms with Crippen molar-refractivity contribution < 1.29 is 22.8 Å². The van der Waals surface area contributed by atoms with Crippen molar-refractivity contribution in [1.29, 1.82) is 0 Å². The van der Waals surface area contributed by atoms with Gasteiger partial charge in [0.2, 0.25) is 17.8 Å². The molecule has 0 spiro atoms. The fourth-order valence-electron chi connectivity index (χ4n) is 4.55. The highest BCUT2D eigenvalue weighted by Gasteiger charge is 2.37. The van der Waals surface area contributed by atoms with Crippen LogP contribution in [0.15, 0.2) is 29.1 Å². The van der Waals surface area contributed by atoms with E-state index in [9.17, 15) is 27.6 Å². The van der Waals surface area contributed by atoms with E-state index >= 15 is 0 Å². The molecule has 0 unspecified atom stereocenters. The number of alkyl halides is 3. The van der Waals surface area contributed by atoms with Gasteiger partial charge >= 0.3 is 6.18 Å². The van der Waals surface area contributed by atoms with Gasteiger partial charge in [0.15, 0.2) is 0 Å². The maximum Gasteiger partial charge on any atom is 0.416 e. The summed E-state index contributed by atoms with van der Waals surface area (Å²) in [6.07, 6.45) is -1.97. The molecule has 1 fully saturated rings. The van der Waals surface area contributed by atoms with Crippen molar-refractivity contribution in [3.8, 4) is 0 Å². The Morgan fingerprint density at radius 3 is 2.55 bits per heavy atom. The van der Waals surface area contributed by atoms with Crippen molar-refractivity contribution in [2.75, 3.05) is 15.5 Å². The van der Waals surface area contributed by atoms with Crippen molar-refractivity contribution in [2.24, 2.45) is 0 Å². The number of nitrogens with one attached hydrogen (secondary N) is 3. The monoisotopic (exact) mass is 463 g/mol. The molecule has 1 aromatic carbocycles. The molecule has 0 aliphatic carbocycles. The van der Waals surface area contributed by atoms with E-state index < -0.39 is 35.0 Å². The van der Waals surface area contributed by atoms with E-state index in [0.717, 1.165) is 31.4 Å². The third kappa shape index (κ3) is 4.57. The maximum atomic E-state index is 13.0. The second kappa shape index (κ2) is 8.53. The summed E-state index contributed by atoms with van der Waals surface area (Å²) in [7, 11) is 0. The van der Waals surface area contributed by atoms with Gasteiger partial charge in [-0.15, -0.1) is 0 Å². The molecule has 3 atom stereocenters. The number of hydrogen-bond acceptors (Lipinski definition) is 5. The van der Waals surface area contributed by atoms with Gasteiger partial charge in [0.05, 0.1) is 17.0 Å². The predicted molar refractivity (Wildman–Crippen MR) is 116 cm³/mol. The number of nitrogens with zero attached hydrogens (tertiary/aromatic N) is 2. The summed E-state index contributed by atoms with van der Waals surface area (Å²) in [6, 6.07) is 4.43. The van der Waals surface area contributed by atoms with E-state index in [1.54, 1.807) is 0 Å². The van der Waals surface area contributed by atoms with Crippen LogP contribution >= 0.6 is 0 Å². The van der Waals surface area contributed by atoms with Crippen LogP contribution in [0.3, 0.4) is 0 Å². The minimum absolute atomic E-state index is 0.000772. The van der Waals surface area contributed by atoms with Crippen LogP contribution in [0.2, 0.25) is 0 Å². The zero-order valence-electron chi connectivity index (χ0n) is 18.1. The average Bonchev–Trinajstić information content (AvgIpc) is 2.72. The van der Waals surface area contributed by atoms with Crippen LogP contribution in [-0.2, 0) is 15.8 Å². The normalized spacial score (nSPS) is 23.0. The standard InChI is InChI=1S/C22H24F3N5O3/c1-11-5-3-6-12(2)30(11)21-28-18-17(20(33)29-21)15(10-16(31)27-18)19(32)26-14-8-4-7-13(9-14)22(23,24)25/h4,7-9,11-12,15H,3,5-6,10H2,1-2H3,(H,26,32)(H2,27,28,29,31,33)/t11-,12+,15-/m0/s1. The summed E-state index contributed by atoms with van der Waals surface area (Å²) in [5.41, 5.74) is -1.58. The van der Waals surface area contributed by atoms with Gasteiger partial charge < -0.3 is 15.5 Å². The molecule has 8 nitrogen and oxygen atoms in total. The van der Waals surface area contributed by atoms with Crippen LogP contribution < -0.4 is 21.1 Å². The zero-order chi connectivity index (χ0) is 23.9. The first-order valence-corrected chi connectivity index (χ1v) is 10.7. The quantitative estimate of drug-likeness (QED) is 0.645. The highest BCUT2D eigenvalue weighted by Crippen LogP contribution is 2.34. The summed E-state index contributed by atoms with van der Waals surface area (Å²) in [4.78, 5) is 47.4. The van der Waals surface area contributed by atoms with Gasteiger partial charge in [-0.25, -0.2) is 0 Å². The summed E-state index contributed by atoms with van der Waals surface area (Å²) in [5.74, 6) is -2.14. The third-order valence-corrected chi connectivity index (χ3v) is 6.15. The fraction of sp³-hybridized carbons (Fsp3) is 0.455. The Hall–Kier alpha value is -3.37. The van der Waals surface area contributed by atoms with Gasteiger partial charge in [-0.3, -0.25) is 19.4 Å². The number of H-pyrrole nitrogens is 1. The number of amides is 2. The van der Waals surface area contributed by atoms with Gasteiger partial charge in [0.1, 0.15) is 5.82 Å². The molecule has 0 radical (unpaired) electrons. The Balaban J connectivity index is 1.65. The number of aromatic nitrogens is 2. The number of hydrogen-bond donors (Lipinski definition) is 3. The number of carbonyl (C=O) groups excluding carboxylic acids is 2. The van der Waals surface area contributed by atoms with Crippen molar-refractivity contribution in [3.05, 3.63) is 45.7 Å². The van der Waals surface area contributed by atoms with Crippen LogP contribution in [0.1, 0.15) is 56.6 Å². The molecule has 2 aliphatic rings. The lowest BCUT2D eigenvalue weighted by molar-refractivity contribution is -0.137. The molecule has 0 saturated carbocycles. The molecule has 2 aromatic rings. The Morgan fingerprint density at radius 1 is 1.18 bits per heavy atom. The lowest BCUT2D eigenvalue weighted by Gasteiger charge is -2.39. The second-order valence-corrected chi connectivity index (χ2v) is 8.56. The molecule has 176 valence electrons. The highest BCUT2D eigenvalue weighted by molar-refractivity contribution is 6.04. The lowest BCUT2D eigenvalue weighted by atomic mass is 9.92. The molecule has 0 bridgehead atoms. The minimum Gasteiger partial charge on any atom is -0.337 e. The molecule has 11 heteroatoms. The van der Waals surface area contributed by atoms with Crippen molar-refractivity contribution >= 4 is 29.3 Å². The van der Waals surface area contributed by atoms with Crippen LogP contribution in [0.5, 0.6) is 0 Å². The molecule has 3 N–H and O–H groups in total. The van der Waals surface area contributed by atoms with Gasteiger partial charge in [-0.1, -0.05) is 6.07 Å². The van der Waals surface area contributed by atoms with E-state index in [1.165, 1.54) is 12.1 Å². The Labute approximate surface area is 187 Å². The number of halogens is 3. The van der Waals surface area contributed by atoms with Crippen molar-refractivity contribution in [1.82, 2.24) is 9.97 Å². The Morgan fingerprint density at radius 2 is 1.88 bits per heavy atom. The number of aromatic amines is 1. The summed E-state index contributed by atoms with van der Waals surface area (Å²) < 4.78 is 39.0. The SMILES string of the molecule is C[C@@H]1CCC[C@H](C)N1c1nc2c(c(=O)[nH]1)[C@@H](C(=O)Nc1cccc(C(F)(F)F)c1)CC(=O)N2. The molecule has 2 aliphatic heterocycles. The molecular weight excluding hydrogens is 439 g/mol. The van der Waals surface area contributed by atoms with Gasteiger partial charge in [0.25, 0.3) is 5.56 Å². The van der Waals surface area contributed by atoms with Crippen LogP contribution in [0.4, 0.5) is 30.6 Å². The predicted octanol–water partition coefficient (Wildman–Crippen LogP) is 3.62. The fourth-order valence-corrected chi connectivity index (χ4v) is 4.55. The van der Waals surface area contributed by atoms with E-state index in [-0.39, 0.29) is 35.6 Å². The number of anilines is 3. The summed E-state index contributed by atoms with van der Waals surface area (Å²) >= 11 is 0. The molecule has 33 heavy (non-hydrogen) atoms. The van der Waals surface area contributed by atoms with Gasteiger partial charge in [-0.2, -0.15) is 18.2 Å². The van der Waals surface area contributed by atoms with Crippen LogP contribution in [0.25, 0.3) is 0 Å². The van der Waals surface area contributed by atoms with E-state index in [1.807, 2.05) is 18.7 Å². The first kappa shape index (κ1) is 22.8. The molecule has 1 saturated heterocycles. The molecular formula is C22H24F3N5O3. The number of carbonyl (C=O) groups is 2. The average molecular weight is 463 g/mol. The third-order valence-electron chi connectivity index (χ3n) is 6.15. The van der Waals surface area contributed by atoms with E-state index in [0.29, 0.717) is 5.95 Å². The number of rotatable bonds is 3. The number of piperidine rings is 1. The molecule has 3 heterocycles. The van der Waals surface area contributed by atoms with Crippen LogP contribution in [-0.4, -0.2) is 33.9 Å². The van der Waals surface area contributed by atoms with Crippen molar-refractivity contribution in [3.63, 3.8) is 0 Å². The largest absolute Gasteiger partial charge is 0.416 e. The summed E-state index contributed by atoms with van der Waals surface area (Å²) in [6.45, 7) is 4.05. The molecule has 4 rings (SSSR count). The Kier molecular flexibility index (Phi) is 5.89. The lowest BCUT2D eigenvalue weighted by Crippen LogP contribution is -2.46. The summed E-state index contributed by atoms with van der Waals surface area (Å²) in [5, 5.41) is 4.96. The minimum atomic E-state index is -4.57. The van der Waals surface area contributed by atoms with E-state index in [4.69, 9.17) is 0 Å². The number of fused-ring (bicyclic) bond motifs is 1. The maximum absolute atomic E-state index is 13.0. The Bertz CT molecular complexity index is 1140. The van der Waals surface area contributed by atoms with E-state index in [2.05, 4.69) is 20.6 Å². The highest BCUT2D eigenvalue weighted by atomic mass is 19.4. The smallest absolute Gasteiger partial charge is 0.337 e. The zero-order valence-corrected chi connectivity index (χ0v) is 18.1. The van der Waals surface area contributed by atoms with Gasteiger partial charge in [0, 0.05) is 24.2 Å². The second-order valence-electron chi connectivity index (χ2n) is 8.56. The topological polar surface area (TPSA) is 107 Å². The first-order valence-electron chi connectivity index (χ1n) is 10.7. The molecule has 2 amide bonds. The first-order chi connectivity index (χ1) is 15.5. The van der Waals surface area contributed by atoms with Gasteiger partial charge in [-0.05, 0) is 51.3 Å². The molecule has 1 aromatic heterocycles.